The van der Waals surface area contributed by atoms with E-state index in [4.69, 9.17) is 0 Å². The summed E-state index contributed by atoms with van der Waals surface area (Å²) in [6, 6.07) is 0. The summed E-state index contributed by atoms with van der Waals surface area (Å²) in [5.41, 5.74) is 3.38. The van der Waals surface area contributed by atoms with Crippen molar-refractivity contribution in [2.45, 2.75) is 25.7 Å². The van der Waals surface area contributed by atoms with Gasteiger partial charge in [0.2, 0.25) is 0 Å². The highest BCUT2D eigenvalue weighted by molar-refractivity contribution is 8.03. The average Bonchev–Trinajstić information content (AvgIpc) is 2.05. The molecule has 0 nitrogen and oxygen atoms in total. The molecule has 0 spiro atoms. The Kier molecular flexibility index (Phi) is 1.88. The summed E-state index contributed by atoms with van der Waals surface area (Å²) < 4.78 is 0. The van der Waals surface area contributed by atoms with Gasteiger partial charge in [-0.15, -0.1) is 17.5 Å². The largest absolute Gasteiger partial charge is 0.122 e. The van der Waals surface area contributed by atoms with Crippen molar-refractivity contribution in [1.82, 2.24) is 0 Å². The molecule has 2 rings (SSSR count). The lowest BCUT2D eigenvalue weighted by Crippen LogP contribution is -2.09. The van der Waals surface area contributed by atoms with Gasteiger partial charge in [-0.25, -0.2) is 0 Å². The van der Waals surface area contributed by atoms with E-state index in [1.807, 2.05) is 11.8 Å². The molecule has 0 aromatic rings. The summed E-state index contributed by atoms with van der Waals surface area (Å²) in [5.74, 6) is 2.22. The summed E-state index contributed by atoms with van der Waals surface area (Å²) in [4.78, 5) is 1.54. The van der Waals surface area contributed by atoms with Crippen molar-refractivity contribution in [1.29, 1.82) is 0 Å². The van der Waals surface area contributed by atoms with E-state index in [1.54, 1.807) is 0 Å². The number of hydrogen-bond acceptors (Lipinski definition) is 1. The highest BCUT2D eigenvalue weighted by Gasteiger charge is 2.19. The minimum atomic E-state index is 0.892. The maximum atomic E-state index is 3.38. The second-order valence-corrected chi connectivity index (χ2v) is 4.11. The Morgan fingerprint density at radius 1 is 1.50 bits per heavy atom. The SMILES string of the molecule is C1=CCCC2CCCSC=12. The monoisotopic (exact) mass is 152 g/mol. The van der Waals surface area contributed by atoms with E-state index in [1.165, 1.54) is 36.3 Å². The molecule has 1 heterocycles. The van der Waals surface area contributed by atoms with Gasteiger partial charge in [0.05, 0.1) is 0 Å². The van der Waals surface area contributed by atoms with Crippen molar-refractivity contribution >= 4 is 11.8 Å². The minimum absolute atomic E-state index is 0.892. The van der Waals surface area contributed by atoms with Crippen molar-refractivity contribution in [3.8, 4) is 0 Å². The fourth-order valence-corrected chi connectivity index (χ4v) is 2.82. The maximum Gasteiger partial charge on any atom is 0.0293 e. The van der Waals surface area contributed by atoms with E-state index in [0.717, 1.165) is 5.92 Å². The van der Waals surface area contributed by atoms with Crippen LogP contribution in [0.2, 0.25) is 0 Å². The first-order chi connectivity index (χ1) is 4.97. The number of rotatable bonds is 0. The van der Waals surface area contributed by atoms with E-state index in [2.05, 4.69) is 11.8 Å². The molecule has 1 unspecified atom stereocenters. The molecule has 1 saturated heterocycles. The first-order valence-electron chi connectivity index (χ1n) is 4.04. The van der Waals surface area contributed by atoms with Crippen molar-refractivity contribution in [3.63, 3.8) is 0 Å². The van der Waals surface area contributed by atoms with Crippen LogP contribution < -0.4 is 0 Å². The summed E-state index contributed by atoms with van der Waals surface area (Å²) in [5, 5.41) is 0. The molecule has 1 heteroatoms. The van der Waals surface area contributed by atoms with Crippen LogP contribution >= 0.6 is 11.8 Å². The van der Waals surface area contributed by atoms with Gasteiger partial charge in [0.25, 0.3) is 0 Å². The van der Waals surface area contributed by atoms with Crippen molar-refractivity contribution in [2.75, 3.05) is 5.75 Å². The molecular formula is C9H12S. The van der Waals surface area contributed by atoms with E-state index >= 15 is 0 Å². The second-order valence-electron chi connectivity index (χ2n) is 2.98. The van der Waals surface area contributed by atoms with Crippen LogP contribution in [-0.4, -0.2) is 5.75 Å². The van der Waals surface area contributed by atoms with Gasteiger partial charge in [-0.05, 0) is 43.4 Å². The van der Waals surface area contributed by atoms with Gasteiger partial charge in [-0.2, -0.15) is 0 Å². The first-order valence-corrected chi connectivity index (χ1v) is 5.03. The van der Waals surface area contributed by atoms with Gasteiger partial charge in [0, 0.05) is 4.91 Å². The highest BCUT2D eigenvalue weighted by atomic mass is 32.2. The molecule has 0 aromatic carbocycles. The molecule has 0 amide bonds. The quantitative estimate of drug-likeness (QED) is 0.481. The second kappa shape index (κ2) is 2.86. The lowest BCUT2D eigenvalue weighted by Gasteiger charge is -2.24. The zero-order valence-corrected chi connectivity index (χ0v) is 6.91. The fraction of sp³-hybridized carbons (Fsp3) is 0.667. The van der Waals surface area contributed by atoms with Crippen LogP contribution in [0.4, 0.5) is 0 Å². The lowest BCUT2D eigenvalue weighted by atomic mass is 9.94. The molecule has 0 aromatic heterocycles. The first kappa shape index (κ1) is 6.57. The van der Waals surface area contributed by atoms with Gasteiger partial charge in [0.1, 0.15) is 0 Å². The Morgan fingerprint density at radius 3 is 3.40 bits per heavy atom. The molecule has 10 heavy (non-hydrogen) atoms. The highest BCUT2D eigenvalue weighted by Crippen LogP contribution is 2.37. The summed E-state index contributed by atoms with van der Waals surface area (Å²) >= 11 is 2.02. The Morgan fingerprint density at radius 2 is 2.50 bits per heavy atom. The standard InChI is InChI=1S/C9H12S/c1-2-6-9-8(4-1)5-3-7-10-9/h2,8H,1,3-5,7H2. The Labute approximate surface area is 66.4 Å². The van der Waals surface area contributed by atoms with Crippen LogP contribution in [-0.2, 0) is 0 Å². The molecule has 54 valence electrons. The summed E-state index contributed by atoms with van der Waals surface area (Å²) in [6.07, 6.45) is 7.68. The van der Waals surface area contributed by atoms with Crippen LogP contribution in [0.1, 0.15) is 25.7 Å². The predicted octanol–water partition coefficient (Wildman–Crippen LogP) is 2.96. The summed E-state index contributed by atoms with van der Waals surface area (Å²) in [6.45, 7) is 0. The minimum Gasteiger partial charge on any atom is -0.122 e. The predicted molar refractivity (Wildman–Crippen MR) is 46.0 cm³/mol. The van der Waals surface area contributed by atoms with E-state index in [-0.39, 0.29) is 0 Å². The van der Waals surface area contributed by atoms with E-state index < -0.39 is 0 Å². The molecule has 1 aliphatic carbocycles. The van der Waals surface area contributed by atoms with Crippen LogP contribution in [0.3, 0.4) is 0 Å². The summed E-state index contributed by atoms with van der Waals surface area (Å²) in [7, 11) is 0. The fourth-order valence-electron chi connectivity index (χ4n) is 1.65. The zero-order chi connectivity index (χ0) is 6.81. The maximum absolute atomic E-state index is 3.38. The third kappa shape index (κ3) is 1.16. The normalized spacial score (nSPS) is 31.2. The van der Waals surface area contributed by atoms with Crippen LogP contribution in [0.15, 0.2) is 16.7 Å². The molecule has 1 atom stereocenters. The molecular weight excluding hydrogens is 140 g/mol. The molecule has 0 bridgehead atoms. The number of thioether (sulfide) groups is 1. The van der Waals surface area contributed by atoms with Gasteiger partial charge in [0.15, 0.2) is 0 Å². The van der Waals surface area contributed by atoms with Gasteiger partial charge in [-0.3, -0.25) is 0 Å². The van der Waals surface area contributed by atoms with Crippen LogP contribution in [0, 0.1) is 5.92 Å². The lowest BCUT2D eigenvalue weighted by molar-refractivity contribution is 0.521. The molecule has 0 saturated carbocycles. The number of fused-ring (bicyclic) bond motifs is 1. The topological polar surface area (TPSA) is 0 Å². The zero-order valence-electron chi connectivity index (χ0n) is 6.10. The Hall–Kier alpha value is -0.130. The molecule has 2 aliphatic rings. The third-order valence-corrected chi connectivity index (χ3v) is 3.48. The smallest absolute Gasteiger partial charge is 0.0293 e. The number of allylic oxidation sites excluding steroid dienone is 1. The molecule has 0 radical (unpaired) electrons. The van der Waals surface area contributed by atoms with E-state index in [0.29, 0.717) is 0 Å². The third-order valence-electron chi connectivity index (χ3n) is 2.23. The number of hydrogen-bond donors (Lipinski definition) is 0. The van der Waals surface area contributed by atoms with Crippen LogP contribution in [0.5, 0.6) is 0 Å². The van der Waals surface area contributed by atoms with Crippen molar-refractivity contribution in [2.24, 2.45) is 5.92 Å². The van der Waals surface area contributed by atoms with Crippen molar-refractivity contribution < 1.29 is 0 Å². The van der Waals surface area contributed by atoms with Gasteiger partial charge in [-0.1, -0.05) is 0 Å². The molecule has 1 fully saturated rings. The van der Waals surface area contributed by atoms with Gasteiger partial charge < -0.3 is 0 Å². The molecule has 1 aliphatic heterocycles. The van der Waals surface area contributed by atoms with E-state index in [9.17, 15) is 0 Å². The Balaban J connectivity index is 2.20. The van der Waals surface area contributed by atoms with Crippen molar-refractivity contribution in [3.05, 3.63) is 16.7 Å². The Bertz CT molecular complexity index is 187. The van der Waals surface area contributed by atoms with Gasteiger partial charge >= 0.3 is 0 Å². The van der Waals surface area contributed by atoms with Crippen LogP contribution in [0.25, 0.3) is 0 Å². The average molecular weight is 152 g/mol. The molecule has 0 N–H and O–H groups in total.